The molecule has 2 rings (SSSR count). The van der Waals surface area contributed by atoms with Crippen molar-refractivity contribution in [2.45, 2.75) is 39.5 Å². The lowest BCUT2D eigenvalue weighted by Gasteiger charge is -2.17. The molecule has 0 saturated heterocycles. The highest BCUT2D eigenvalue weighted by atomic mass is 16.5. The number of carbonyl (C=O) groups is 1. The first-order chi connectivity index (χ1) is 13.6. The van der Waals surface area contributed by atoms with Crippen molar-refractivity contribution in [1.82, 2.24) is 9.88 Å². The van der Waals surface area contributed by atoms with E-state index in [9.17, 15) is 9.59 Å². The Hall–Kier alpha value is -2.82. The molecule has 1 N–H and O–H groups in total. The number of hydrogen-bond acceptors (Lipinski definition) is 3. The van der Waals surface area contributed by atoms with Gasteiger partial charge in [-0.2, -0.15) is 0 Å². The fourth-order valence-corrected chi connectivity index (χ4v) is 3.00. The molecule has 1 aromatic heterocycles. The van der Waals surface area contributed by atoms with E-state index in [4.69, 9.17) is 4.74 Å². The summed E-state index contributed by atoms with van der Waals surface area (Å²) in [4.78, 5) is 25.3. The SMILES string of the molecule is CCCCC(CC)CNC(=O)/C(=C\c1ccc(OC)cc1)n1ccccc1=O. The molecule has 5 nitrogen and oxygen atoms in total. The number of nitrogens with one attached hydrogen (secondary N) is 1. The summed E-state index contributed by atoms with van der Waals surface area (Å²) in [6.07, 6.45) is 7.75. The number of benzene rings is 1. The monoisotopic (exact) mass is 382 g/mol. The summed E-state index contributed by atoms with van der Waals surface area (Å²) in [5.41, 5.74) is 0.885. The molecular weight excluding hydrogens is 352 g/mol. The number of carbonyl (C=O) groups excluding carboxylic acids is 1. The maximum atomic E-state index is 13.0. The molecular formula is C23H30N2O3. The Morgan fingerprint density at radius 3 is 2.54 bits per heavy atom. The topological polar surface area (TPSA) is 60.3 Å². The van der Waals surface area contributed by atoms with Crippen LogP contribution in [0.3, 0.4) is 0 Å². The Morgan fingerprint density at radius 1 is 1.18 bits per heavy atom. The summed E-state index contributed by atoms with van der Waals surface area (Å²) in [7, 11) is 1.61. The zero-order valence-electron chi connectivity index (χ0n) is 17.0. The minimum absolute atomic E-state index is 0.240. The lowest BCUT2D eigenvalue weighted by atomic mass is 9.99. The Balaban J connectivity index is 2.27. The molecule has 2 aromatic rings. The number of ether oxygens (including phenoxy) is 1. The van der Waals surface area contributed by atoms with Gasteiger partial charge in [0.1, 0.15) is 11.4 Å². The predicted octanol–water partition coefficient (Wildman–Crippen LogP) is 4.19. The Labute approximate surface area is 167 Å². The lowest BCUT2D eigenvalue weighted by Crippen LogP contribution is -2.33. The van der Waals surface area contributed by atoms with Crippen LogP contribution in [0.15, 0.2) is 53.5 Å². The van der Waals surface area contributed by atoms with E-state index < -0.39 is 0 Å². The summed E-state index contributed by atoms with van der Waals surface area (Å²) in [5.74, 6) is 0.930. The molecule has 1 heterocycles. The Morgan fingerprint density at radius 2 is 1.93 bits per heavy atom. The number of pyridine rings is 1. The number of nitrogens with zero attached hydrogens (tertiary/aromatic N) is 1. The van der Waals surface area contributed by atoms with Crippen LogP contribution in [0.1, 0.15) is 45.1 Å². The van der Waals surface area contributed by atoms with Crippen molar-refractivity contribution >= 4 is 17.7 Å². The highest BCUT2D eigenvalue weighted by molar-refractivity contribution is 6.18. The molecule has 0 aliphatic heterocycles. The summed E-state index contributed by atoms with van der Waals surface area (Å²) in [6, 6.07) is 12.2. The van der Waals surface area contributed by atoms with Crippen LogP contribution in [0.4, 0.5) is 0 Å². The van der Waals surface area contributed by atoms with Gasteiger partial charge < -0.3 is 10.1 Å². The molecule has 5 heteroatoms. The summed E-state index contributed by atoms with van der Waals surface area (Å²) in [6.45, 7) is 4.92. The molecule has 0 radical (unpaired) electrons. The second-order valence-corrected chi connectivity index (χ2v) is 6.84. The first-order valence-corrected chi connectivity index (χ1v) is 9.91. The average Bonchev–Trinajstić information content (AvgIpc) is 2.73. The van der Waals surface area contributed by atoms with Crippen molar-refractivity contribution in [3.05, 3.63) is 64.6 Å². The van der Waals surface area contributed by atoms with Gasteiger partial charge in [-0.3, -0.25) is 14.2 Å². The van der Waals surface area contributed by atoms with Crippen molar-refractivity contribution in [1.29, 1.82) is 0 Å². The number of amides is 1. The fraction of sp³-hybridized carbons (Fsp3) is 0.391. The Bertz CT molecular complexity index is 837. The van der Waals surface area contributed by atoms with Crippen molar-refractivity contribution in [2.24, 2.45) is 5.92 Å². The van der Waals surface area contributed by atoms with Gasteiger partial charge in [-0.1, -0.05) is 51.3 Å². The van der Waals surface area contributed by atoms with Gasteiger partial charge in [0.25, 0.3) is 11.5 Å². The van der Waals surface area contributed by atoms with Gasteiger partial charge >= 0.3 is 0 Å². The van der Waals surface area contributed by atoms with E-state index in [1.807, 2.05) is 24.3 Å². The number of hydrogen-bond donors (Lipinski definition) is 1. The van der Waals surface area contributed by atoms with Crippen molar-refractivity contribution in [3.8, 4) is 5.75 Å². The van der Waals surface area contributed by atoms with Crippen LogP contribution in [-0.4, -0.2) is 24.1 Å². The number of methoxy groups -OCH3 is 1. The first-order valence-electron chi connectivity index (χ1n) is 9.91. The van der Waals surface area contributed by atoms with Crippen LogP contribution >= 0.6 is 0 Å². The van der Waals surface area contributed by atoms with E-state index in [2.05, 4.69) is 19.2 Å². The van der Waals surface area contributed by atoms with Crippen LogP contribution in [0.2, 0.25) is 0 Å². The maximum absolute atomic E-state index is 13.0. The summed E-state index contributed by atoms with van der Waals surface area (Å²) < 4.78 is 6.56. The van der Waals surface area contributed by atoms with Crippen LogP contribution in [-0.2, 0) is 4.79 Å². The van der Waals surface area contributed by atoms with Gasteiger partial charge in [0.2, 0.25) is 0 Å². The molecule has 28 heavy (non-hydrogen) atoms. The lowest BCUT2D eigenvalue weighted by molar-refractivity contribution is -0.116. The third-order valence-electron chi connectivity index (χ3n) is 4.83. The largest absolute Gasteiger partial charge is 0.497 e. The number of aromatic nitrogens is 1. The van der Waals surface area contributed by atoms with E-state index in [0.717, 1.165) is 37.0 Å². The molecule has 1 amide bonds. The van der Waals surface area contributed by atoms with Gasteiger partial charge in [0.15, 0.2) is 0 Å². The third-order valence-corrected chi connectivity index (χ3v) is 4.83. The van der Waals surface area contributed by atoms with E-state index in [1.165, 1.54) is 10.6 Å². The van der Waals surface area contributed by atoms with E-state index in [-0.39, 0.29) is 11.5 Å². The van der Waals surface area contributed by atoms with E-state index >= 15 is 0 Å². The molecule has 1 atom stereocenters. The fourth-order valence-electron chi connectivity index (χ4n) is 3.00. The quantitative estimate of drug-likeness (QED) is 0.627. The van der Waals surface area contributed by atoms with E-state index in [0.29, 0.717) is 18.2 Å². The molecule has 0 spiro atoms. The highest BCUT2D eigenvalue weighted by Crippen LogP contribution is 2.16. The molecule has 150 valence electrons. The minimum Gasteiger partial charge on any atom is -0.497 e. The van der Waals surface area contributed by atoms with Crippen LogP contribution in [0.5, 0.6) is 5.75 Å². The summed E-state index contributed by atoms with van der Waals surface area (Å²) >= 11 is 0. The molecule has 1 unspecified atom stereocenters. The zero-order chi connectivity index (χ0) is 20.4. The standard InChI is InChI=1S/C23H30N2O3/c1-4-6-9-18(5-2)17-24-23(27)21(25-15-8-7-10-22(25)26)16-19-11-13-20(28-3)14-12-19/h7-8,10-16,18H,4-6,9,17H2,1-3H3,(H,24,27)/b21-16+. The van der Waals surface area contributed by atoms with Gasteiger partial charge in [-0.25, -0.2) is 0 Å². The second kappa shape index (κ2) is 11.1. The smallest absolute Gasteiger partial charge is 0.268 e. The highest BCUT2D eigenvalue weighted by Gasteiger charge is 2.15. The van der Waals surface area contributed by atoms with Gasteiger partial charge in [-0.15, -0.1) is 0 Å². The minimum atomic E-state index is -0.251. The van der Waals surface area contributed by atoms with Gasteiger partial charge in [0, 0.05) is 18.8 Å². The first kappa shape index (κ1) is 21.5. The molecule has 0 bridgehead atoms. The average molecular weight is 383 g/mol. The number of rotatable bonds is 10. The van der Waals surface area contributed by atoms with E-state index in [1.54, 1.807) is 31.5 Å². The molecule has 0 fully saturated rings. The predicted molar refractivity (Wildman–Crippen MR) is 114 cm³/mol. The van der Waals surface area contributed by atoms with Crippen molar-refractivity contribution < 1.29 is 9.53 Å². The molecule has 0 aliphatic rings. The molecule has 0 saturated carbocycles. The van der Waals surface area contributed by atoms with Gasteiger partial charge in [0.05, 0.1) is 7.11 Å². The molecule has 0 aliphatic carbocycles. The van der Waals surface area contributed by atoms with Crippen LogP contribution < -0.4 is 15.6 Å². The third kappa shape index (κ3) is 6.12. The van der Waals surface area contributed by atoms with Crippen molar-refractivity contribution in [3.63, 3.8) is 0 Å². The normalized spacial score (nSPS) is 12.5. The second-order valence-electron chi connectivity index (χ2n) is 6.84. The van der Waals surface area contributed by atoms with Crippen molar-refractivity contribution in [2.75, 3.05) is 13.7 Å². The zero-order valence-corrected chi connectivity index (χ0v) is 17.0. The van der Waals surface area contributed by atoms with Gasteiger partial charge in [-0.05, 0) is 42.2 Å². The molecule has 1 aromatic carbocycles. The Kier molecular flexibility index (Phi) is 8.53. The van der Waals surface area contributed by atoms with Crippen LogP contribution in [0.25, 0.3) is 11.8 Å². The summed E-state index contributed by atoms with van der Waals surface area (Å²) in [5, 5.41) is 3.02. The van der Waals surface area contributed by atoms with Crippen LogP contribution in [0, 0.1) is 5.92 Å². The number of unbranched alkanes of at least 4 members (excludes halogenated alkanes) is 1. The maximum Gasteiger partial charge on any atom is 0.268 e.